The van der Waals surface area contributed by atoms with Crippen LogP contribution in [0, 0.1) is 13.8 Å². The maximum absolute atomic E-state index is 12.6. The highest BCUT2D eigenvalue weighted by Gasteiger charge is 2.31. The second-order valence-corrected chi connectivity index (χ2v) is 6.48. The third-order valence-corrected chi connectivity index (χ3v) is 4.54. The molecule has 1 atom stereocenters. The Hall–Kier alpha value is -3.35. The number of rotatable bonds is 5. The van der Waals surface area contributed by atoms with E-state index < -0.39 is 24.3 Å². The van der Waals surface area contributed by atoms with E-state index in [-0.39, 0.29) is 5.91 Å². The van der Waals surface area contributed by atoms with Gasteiger partial charge < -0.3 is 20.5 Å². The number of amides is 2. The number of carboxylic acids is 1. The van der Waals surface area contributed by atoms with Gasteiger partial charge in [-0.2, -0.15) is 0 Å². The molecule has 3 N–H and O–H groups in total. The molecule has 7 heteroatoms. The van der Waals surface area contributed by atoms with Gasteiger partial charge in [0.25, 0.3) is 5.91 Å². The van der Waals surface area contributed by atoms with Crippen molar-refractivity contribution in [1.29, 1.82) is 0 Å². The molecule has 1 aliphatic rings. The lowest BCUT2D eigenvalue weighted by molar-refractivity contribution is -0.135. The van der Waals surface area contributed by atoms with Gasteiger partial charge in [0.15, 0.2) is 0 Å². The third kappa shape index (κ3) is 4.08. The van der Waals surface area contributed by atoms with Crippen LogP contribution in [-0.4, -0.2) is 36.0 Å². The number of carbonyl (C=O) groups excluding carboxylic acids is 2. The molecule has 1 heterocycles. The Morgan fingerprint density at radius 3 is 2.44 bits per heavy atom. The lowest BCUT2D eigenvalue weighted by Gasteiger charge is -2.12. The van der Waals surface area contributed by atoms with E-state index >= 15 is 0 Å². The van der Waals surface area contributed by atoms with E-state index in [0.717, 1.165) is 22.4 Å². The average molecular weight is 368 g/mol. The largest absolute Gasteiger partial charge is 0.492 e. The second-order valence-electron chi connectivity index (χ2n) is 6.48. The molecule has 0 aliphatic carbocycles. The van der Waals surface area contributed by atoms with Gasteiger partial charge in [-0.3, -0.25) is 14.4 Å². The number of nitrogens with one attached hydrogen (secondary N) is 2. The monoisotopic (exact) mass is 368 g/mol. The van der Waals surface area contributed by atoms with Crippen molar-refractivity contribution in [2.24, 2.45) is 0 Å². The molecule has 1 aliphatic heterocycles. The van der Waals surface area contributed by atoms with Crippen LogP contribution in [0.25, 0.3) is 0 Å². The molecular weight excluding hydrogens is 348 g/mol. The number of fused-ring (bicyclic) bond motifs is 1. The quantitative estimate of drug-likeness (QED) is 0.751. The predicted molar refractivity (Wildman–Crippen MR) is 99.2 cm³/mol. The van der Waals surface area contributed by atoms with Gasteiger partial charge in [-0.1, -0.05) is 6.07 Å². The molecule has 0 saturated carbocycles. The van der Waals surface area contributed by atoms with Crippen LogP contribution in [0.5, 0.6) is 5.75 Å². The highest BCUT2D eigenvalue weighted by molar-refractivity contribution is 5.99. The van der Waals surface area contributed by atoms with E-state index in [4.69, 9.17) is 9.84 Å². The topological polar surface area (TPSA) is 105 Å². The number of hydrogen-bond donors (Lipinski definition) is 3. The SMILES string of the molecule is Cc1cc2c(cc1C)C(C(=O)Nc1ccc(C(=O)NCC(=O)O)cc1)CO2. The summed E-state index contributed by atoms with van der Waals surface area (Å²) in [6.45, 7) is 3.84. The number of anilines is 1. The number of aryl methyl sites for hydroxylation is 2. The number of benzene rings is 2. The van der Waals surface area contributed by atoms with Crippen molar-refractivity contribution >= 4 is 23.5 Å². The maximum Gasteiger partial charge on any atom is 0.322 e. The molecule has 3 rings (SSSR count). The van der Waals surface area contributed by atoms with Crippen LogP contribution in [0.3, 0.4) is 0 Å². The van der Waals surface area contributed by atoms with Gasteiger partial charge in [-0.15, -0.1) is 0 Å². The summed E-state index contributed by atoms with van der Waals surface area (Å²) in [5.41, 5.74) is 3.96. The van der Waals surface area contributed by atoms with Crippen LogP contribution in [0.1, 0.15) is 33.0 Å². The molecule has 2 aromatic rings. The van der Waals surface area contributed by atoms with Crippen LogP contribution in [0.2, 0.25) is 0 Å². The lowest BCUT2D eigenvalue weighted by Crippen LogP contribution is -2.29. The number of carboxylic acid groups (broad SMARTS) is 1. The van der Waals surface area contributed by atoms with Crippen LogP contribution in [0.15, 0.2) is 36.4 Å². The van der Waals surface area contributed by atoms with Crippen LogP contribution < -0.4 is 15.4 Å². The first-order valence-corrected chi connectivity index (χ1v) is 8.50. The van der Waals surface area contributed by atoms with Gasteiger partial charge >= 0.3 is 5.97 Å². The molecule has 0 bridgehead atoms. The fraction of sp³-hybridized carbons (Fsp3) is 0.250. The summed E-state index contributed by atoms with van der Waals surface area (Å²) < 4.78 is 5.64. The van der Waals surface area contributed by atoms with Crippen LogP contribution >= 0.6 is 0 Å². The fourth-order valence-electron chi connectivity index (χ4n) is 2.88. The zero-order chi connectivity index (χ0) is 19.6. The van der Waals surface area contributed by atoms with Gasteiger partial charge in [-0.05, 0) is 55.3 Å². The highest BCUT2D eigenvalue weighted by Crippen LogP contribution is 2.36. The Balaban J connectivity index is 1.67. The molecule has 0 radical (unpaired) electrons. The molecule has 2 amide bonds. The first kappa shape index (κ1) is 18.4. The highest BCUT2D eigenvalue weighted by atomic mass is 16.5. The molecule has 0 spiro atoms. The van der Waals surface area contributed by atoms with Crippen molar-refractivity contribution in [3.63, 3.8) is 0 Å². The standard InChI is InChI=1S/C20H20N2O5/c1-11-7-15-16(10-27-17(15)8-12(11)2)20(26)22-14-5-3-13(4-6-14)19(25)21-9-18(23)24/h3-8,16H,9-10H2,1-2H3,(H,21,25)(H,22,26)(H,23,24). The maximum atomic E-state index is 12.6. The van der Waals surface area contributed by atoms with Crippen molar-refractivity contribution in [3.05, 3.63) is 58.7 Å². The molecule has 0 saturated heterocycles. The van der Waals surface area contributed by atoms with Crippen molar-refractivity contribution < 1.29 is 24.2 Å². The first-order valence-electron chi connectivity index (χ1n) is 8.50. The fourth-order valence-corrected chi connectivity index (χ4v) is 2.88. The van der Waals surface area contributed by atoms with Crippen LogP contribution in [0.4, 0.5) is 5.69 Å². The summed E-state index contributed by atoms with van der Waals surface area (Å²) in [5, 5.41) is 13.7. The first-order chi connectivity index (χ1) is 12.8. The van der Waals surface area contributed by atoms with Crippen molar-refractivity contribution in [2.75, 3.05) is 18.5 Å². The van der Waals surface area contributed by atoms with E-state index in [1.165, 1.54) is 12.1 Å². The summed E-state index contributed by atoms with van der Waals surface area (Å²) in [6.07, 6.45) is 0. The summed E-state index contributed by atoms with van der Waals surface area (Å²) in [7, 11) is 0. The number of carbonyl (C=O) groups is 3. The van der Waals surface area contributed by atoms with E-state index in [9.17, 15) is 14.4 Å². The molecule has 27 heavy (non-hydrogen) atoms. The summed E-state index contributed by atoms with van der Waals surface area (Å²) >= 11 is 0. The molecule has 1 unspecified atom stereocenters. The summed E-state index contributed by atoms with van der Waals surface area (Å²) in [6, 6.07) is 10.2. The molecule has 0 aromatic heterocycles. The molecule has 2 aromatic carbocycles. The molecule has 0 fully saturated rings. The minimum absolute atomic E-state index is 0.180. The van der Waals surface area contributed by atoms with Gasteiger partial charge in [0.05, 0.1) is 0 Å². The Morgan fingerprint density at radius 1 is 1.11 bits per heavy atom. The van der Waals surface area contributed by atoms with Crippen molar-refractivity contribution in [1.82, 2.24) is 5.32 Å². The Morgan fingerprint density at radius 2 is 1.78 bits per heavy atom. The van der Waals surface area contributed by atoms with Crippen LogP contribution in [-0.2, 0) is 9.59 Å². The minimum Gasteiger partial charge on any atom is -0.492 e. The van der Waals surface area contributed by atoms with Crippen molar-refractivity contribution in [3.8, 4) is 5.75 Å². The average Bonchev–Trinajstić information content (AvgIpc) is 3.03. The molecule has 140 valence electrons. The number of aliphatic carboxylic acids is 1. The number of hydrogen-bond acceptors (Lipinski definition) is 4. The minimum atomic E-state index is -1.11. The Kier molecular flexibility index (Phi) is 5.12. The Labute approximate surface area is 156 Å². The predicted octanol–water partition coefficient (Wildman–Crippen LogP) is 2.23. The summed E-state index contributed by atoms with van der Waals surface area (Å²) in [4.78, 5) is 34.9. The molecule has 7 nitrogen and oxygen atoms in total. The third-order valence-electron chi connectivity index (χ3n) is 4.54. The van der Waals surface area contributed by atoms with E-state index in [1.807, 2.05) is 26.0 Å². The van der Waals surface area contributed by atoms with E-state index in [1.54, 1.807) is 12.1 Å². The zero-order valence-electron chi connectivity index (χ0n) is 15.0. The number of ether oxygens (including phenoxy) is 1. The van der Waals surface area contributed by atoms with Gasteiger partial charge in [0.1, 0.15) is 24.8 Å². The van der Waals surface area contributed by atoms with Gasteiger partial charge in [0.2, 0.25) is 5.91 Å². The van der Waals surface area contributed by atoms with E-state index in [2.05, 4.69) is 10.6 Å². The normalized spacial score (nSPS) is 14.8. The smallest absolute Gasteiger partial charge is 0.322 e. The lowest BCUT2D eigenvalue weighted by atomic mass is 9.96. The summed E-state index contributed by atoms with van der Waals surface area (Å²) in [5.74, 6) is -1.43. The molecular formula is C20H20N2O5. The zero-order valence-corrected chi connectivity index (χ0v) is 15.0. The van der Waals surface area contributed by atoms with Gasteiger partial charge in [-0.25, -0.2) is 0 Å². The van der Waals surface area contributed by atoms with Gasteiger partial charge in [0, 0.05) is 16.8 Å². The second kappa shape index (κ2) is 7.49. The van der Waals surface area contributed by atoms with Crippen molar-refractivity contribution in [2.45, 2.75) is 19.8 Å². The van der Waals surface area contributed by atoms with E-state index in [0.29, 0.717) is 17.9 Å². The Bertz CT molecular complexity index is 905.